The lowest BCUT2D eigenvalue weighted by molar-refractivity contribution is -0.945. The Hall–Kier alpha value is -2.99. The van der Waals surface area contributed by atoms with Gasteiger partial charge in [-0.1, -0.05) is 59.8 Å². The summed E-state index contributed by atoms with van der Waals surface area (Å²) in [5, 5.41) is 8.84. The number of hydrogen-bond acceptors (Lipinski definition) is 3. The Bertz CT molecular complexity index is 1040. The molecule has 3 aromatic rings. The number of fused-ring (bicyclic) bond motifs is 3. The number of nitrogens with one attached hydrogen (secondary N) is 1. The van der Waals surface area contributed by atoms with Crippen molar-refractivity contribution in [1.82, 2.24) is 19.9 Å². The predicted octanol–water partition coefficient (Wildman–Crippen LogP) is 1.99. The summed E-state index contributed by atoms with van der Waals surface area (Å²) in [5.41, 5.74) is 4.41. The maximum Gasteiger partial charge on any atom is 0.231 e. The maximum atomic E-state index is 12.5. The molecule has 1 amide bonds. The highest BCUT2D eigenvalue weighted by atomic mass is 16.2. The molecule has 1 aromatic heterocycles. The fraction of sp³-hybridized carbons (Fsp3) is 0.400. The fourth-order valence-corrected chi connectivity index (χ4v) is 5.34. The molecule has 0 spiro atoms. The summed E-state index contributed by atoms with van der Waals surface area (Å²) in [6.45, 7) is 2.98. The van der Waals surface area contributed by atoms with Gasteiger partial charge in [0.25, 0.3) is 0 Å². The Kier molecular flexibility index (Phi) is 5.32. The number of aromatic nitrogens is 3. The lowest BCUT2D eigenvalue weighted by atomic mass is 9.75. The zero-order chi connectivity index (χ0) is 21.4. The van der Waals surface area contributed by atoms with Crippen LogP contribution in [0, 0.1) is 11.8 Å². The summed E-state index contributed by atoms with van der Waals surface area (Å²) in [7, 11) is 3.74. The SMILES string of the molecule is CN(C)C(=O)[C@H]1C[NH+]2CC[C@H]1C[C@@H]2Cn1cc(-c2ccc(-c3ccccc3)cc2)nn1. The van der Waals surface area contributed by atoms with Crippen molar-refractivity contribution in [2.75, 3.05) is 27.2 Å². The molecule has 0 radical (unpaired) electrons. The lowest BCUT2D eigenvalue weighted by Gasteiger charge is -2.46. The van der Waals surface area contributed by atoms with Crippen LogP contribution in [-0.4, -0.2) is 59.0 Å². The van der Waals surface area contributed by atoms with Crippen LogP contribution in [0.2, 0.25) is 0 Å². The second-order valence-electron chi connectivity index (χ2n) is 9.20. The summed E-state index contributed by atoms with van der Waals surface area (Å²) in [5.74, 6) is 0.984. The van der Waals surface area contributed by atoms with E-state index in [-0.39, 0.29) is 5.92 Å². The van der Waals surface area contributed by atoms with Gasteiger partial charge in [0, 0.05) is 32.5 Å². The first-order chi connectivity index (χ1) is 15.1. The number of carbonyl (C=O) groups excluding carboxylic acids is 1. The molecule has 6 heteroatoms. The number of quaternary nitrogens is 1. The quantitative estimate of drug-likeness (QED) is 0.692. The number of rotatable bonds is 5. The Morgan fingerprint density at radius 1 is 1.06 bits per heavy atom. The molecule has 0 aliphatic carbocycles. The summed E-state index contributed by atoms with van der Waals surface area (Å²) in [4.78, 5) is 15.8. The number of nitrogens with zero attached hydrogens (tertiary/aromatic N) is 4. The third-order valence-corrected chi connectivity index (χ3v) is 7.04. The van der Waals surface area contributed by atoms with E-state index in [2.05, 4.69) is 65.0 Å². The molecule has 1 unspecified atom stereocenters. The van der Waals surface area contributed by atoms with Crippen LogP contribution in [0.15, 0.2) is 60.8 Å². The minimum atomic E-state index is 0.185. The van der Waals surface area contributed by atoms with E-state index in [1.807, 2.05) is 24.8 Å². The molecule has 6 nitrogen and oxygen atoms in total. The molecule has 6 rings (SSSR count). The van der Waals surface area contributed by atoms with E-state index in [1.54, 1.807) is 9.80 Å². The van der Waals surface area contributed by atoms with Crippen LogP contribution in [0.5, 0.6) is 0 Å². The van der Waals surface area contributed by atoms with Crippen LogP contribution in [0.3, 0.4) is 0 Å². The van der Waals surface area contributed by atoms with Gasteiger partial charge >= 0.3 is 0 Å². The van der Waals surface area contributed by atoms with Gasteiger partial charge < -0.3 is 9.80 Å². The van der Waals surface area contributed by atoms with E-state index >= 15 is 0 Å². The van der Waals surface area contributed by atoms with Crippen LogP contribution in [0.1, 0.15) is 12.8 Å². The van der Waals surface area contributed by atoms with E-state index in [9.17, 15) is 4.79 Å². The van der Waals surface area contributed by atoms with Crippen molar-refractivity contribution in [2.24, 2.45) is 11.8 Å². The number of amides is 1. The van der Waals surface area contributed by atoms with Gasteiger partial charge in [-0.2, -0.15) is 0 Å². The average Bonchev–Trinajstić information content (AvgIpc) is 3.28. The Morgan fingerprint density at radius 3 is 2.45 bits per heavy atom. The third-order valence-electron chi connectivity index (χ3n) is 7.04. The minimum Gasteiger partial charge on any atom is -0.348 e. The van der Waals surface area contributed by atoms with Crippen LogP contribution in [0.25, 0.3) is 22.4 Å². The molecule has 3 saturated heterocycles. The Labute approximate surface area is 183 Å². The topological polar surface area (TPSA) is 55.5 Å². The Balaban J connectivity index is 1.25. The third kappa shape index (κ3) is 4.00. The van der Waals surface area contributed by atoms with Crippen molar-refractivity contribution in [3.05, 3.63) is 60.8 Å². The van der Waals surface area contributed by atoms with Crippen molar-refractivity contribution in [3.63, 3.8) is 0 Å². The molecule has 0 saturated carbocycles. The molecule has 1 N–H and O–H groups in total. The van der Waals surface area contributed by atoms with Crippen LogP contribution in [-0.2, 0) is 11.3 Å². The van der Waals surface area contributed by atoms with Crippen LogP contribution < -0.4 is 4.90 Å². The monoisotopic (exact) mass is 416 g/mol. The lowest BCUT2D eigenvalue weighted by Crippen LogP contribution is -3.20. The zero-order valence-corrected chi connectivity index (χ0v) is 18.2. The number of piperidine rings is 3. The highest BCUT2D eigenvalue weighted by Crippen LogP contribution is 2.29. The van der Waals surface area contributed by atoms with Gasteiger partial charge in [-0.05, 0) is 17.0 Å². The van der Waals surface area contributed by atoms with Gasteiger partial charge in [0.15, 0.2) is 0 Å². The van der Waals surface area contributed by atoms with E-state index in [1.165, 1.54) is 11.1 Å². The first kappa shape index (κ1) is 19.9. The van der Waals surface area contributed by atoms with Gasteiger partial charge in [0.2, 0.25) is 5.91 Å². The van der Waals surface area contributed by atoms with Crippen molar-refractivity contribution >= 4 is 5.91 Å². The van der Waals surface area contributed by atoms with Crippen LogP contribution >= 0.6 is 0 Å². The largest absolute Gasteiger partial charge is 0.348 e. The number of benzene rings is 2. The summed E-state index contributed by atoms with van der Waals surface area (Å²) in [6, 6.07) is 19.4. The van der Waals surface area contributed by atoms with Crippen molar-refractivity contribution in [1.29, 1.82) is 0 Å². The van der Waals surface area contributed by atoms with Gasteiger partial charge in [-0.3, -0.25) is 4.79 Å². The van der Waals surface area contributed by atoms with Crippen LogP contribution in [0.4, 0.5) is 0 Å². The van der Waals surface area contributed by atoms with E-state index in [0.29, 0.717) is 17.9 Å². The minimum absolute atomic E-state index is 0.185. The van der Waals surface area contributed by atoms with E-state index in [4.69, 9.17) is 0 Å². The van der Waals surface area contributed by atoms with Crippen molar-refractivity contribution in [3.8, 4) is 22.4 Å². The maximum absolute atomic E-state index is 12.5. The molecule has 4 atom stereocenters. The summed E-state index contributed by atoms with van der Waals surface area (Å²) < 4.78 is 1.99. The molecule has 3 fully saturated rings. The smallest absolute Gasteiger partial charge is 0.231 e. The number of carbonyl (C=O) groups is 1. The second-order valence-corrected chi connectivity index (χ2v) is 9.20. The first-order valence-electron chi connectivity index (χ1n) is 11.2. The van der Waals surface area contributed by atoms with Gasteiger partial charge in [-0.25, -0.2) is 4.68 Å². The first-order valence-corrected chi connectivity index (χ1v) is 11.2. The van der Waals surface area contributed by atoms with Crippen molar-refractivity contribution < 1.29 is 9.69 Å². The Morgan fingerprint density at radius 2 is 1.77 bits per heavy atom. The molecule has 2 aromatic carbocycles. The van der Waals surface area contributed by atoms with E-state index in [0.717, 1.165) is 43.7 Å². The van der Waals surface area contributed by atoms with Crippen molar-refractivity contribution in [2.45, 2.75) is 25.4 Å². The summed E-state index contributed by atoms with van der Waals surface area (Å²) >= 11 is 0. The molecular weight excluding hydrogens is 386 g/mol. The number of hydrogen-bond donors (Lipinski definition) is 1. The average molecular weight is 417 g/mol. The highest BCUT2D eigenvalue weighted by molar-refractivity contribution is 5.78. The standard InChI is InChI=1S/C25H29N5O/c1-28(2)25(31)23-16-29-13-12-21(23)14-22(29)15-30-17-24(26-27-30)20-10-8-19(9-11-20)18-6-4-3-5-7-18/h3-11,17,21-23H,12-16H2,1-2H3/p+1/t21-,22+,23-/m0/s1. The molecule has 160 valence electrons. The molecule has 31 heavy (non-hydrogen) atoms. The fourth-order valence-electron chi connectivity index (χ4n) is 5.34. The molecule has 4 heterocycles. The molecule has 2 bridgehead atoms. The normalized spacial score (nSPS) is 24.8. The highest BCUT2D eigenvalue weighted by Gasteiger charge is 2.47. The summed E-state index contributed by atoms with van der Waals surface area (Å²) in [6.07, 6.45) is 4.32. The zero-order valence-electron chi connectivity index (χ0n) is 18.2. The molecule has 3 aliphatic rings. The predicted molar refractivity (Wildman–Crippen MR) is 120 cm³/mol. The molecule has 3 aliphatic heterocycles. The van der Waals surface area contributed by atoms with Gasteiger partial charge in [0.05, 0.1) is 31.7 Å². The van der Waals surface area contributed by atoms with Gasteiger partial charge in [0.1, 0.15) is 11.7 Å². The second kappa shape index (κ2) is 8.27. The van der Waals surface area contributed by atoms with E-state index < -0.39 is 0 Å². The van der Waals surface area contributed by atoms with Gasteiger partial charge in [-0.15, -0.1) is 5.10 Å². The molecular formula is C25H30N5O+.